The van der Waals surface area contributed by atoms with E-state index in [0.29, 0.717) is 12.3 Å². The lowest BCUT2D eigenvalue weighted by Crippen LogP contribution is -2.48. The first kappa shape index (κ1) is 23.1. The highest BCUT2D eigenvalue weighted by Crippen LogP contribution is 2.19. The van der Waals surface area contributed by atoms with Crippen molar-refractivity contribution in [2.24, 2.45) is 0 Å². The van der Waals surface area contributed by atoms with Crippen molar-refractivity contribution in [1.82, 2.24) is 14.7 Å². The summed E-state index contributed by atoms with van der Waals surface area (Å²) in [5, 5.41) is 0. The molecule has 0 saturated carbocycles. The Kier molecular flexibility index (Phi) is 7.81. The van der Waals surface area contributed by atoms with Gasteiger partial charge in [-0.05, 0) is 41.9 Å². The van der Waals surface area contributed by atoms with Gasteiger partial charge in [-0.2, -0.15) is 0 Å². The van der Waals surface area contributed by atoms with Gasteiger partial charge in [0, 0.05) is 39.3 Å². The minimum absolute atomic E-state index is 0.0123. The van der Waals surface area contributed by atoms with Crippen LogP contribution in [0.5, 0.6) is 5.75 Å². The third-order valence-corrected chi connectivity index (χ3v) is 6.17. The number of amides is 1. The maximum Gasteiger partial charge on any atom is 0.289 e. The van der Waals surface area contributed by atoms with Crippen molar-refractivity contribution in [3.05, 3.63) is 89.4 Å². The van der Waals surface area contributed by atoms with E-state index in [9.17, 15) is 4.79 Å². The molecule has 33 heavy (non-hydrogen) atoms. The van der Waals surface area contributed by atoms with Crippen molar-refractivity contribution in [1.29, 1.82) is 0 Å². The zero-order valence-corrected chi connectivity index (χ0v) is 19.6. The standard InChI is InChI=1S/C27H33N3O3/c1-3-28-15-17-30(18-16-28)27(31)26-14-13-25(33-26)21-29(19-22-7-5-4-6-8-22)20-23-9-11-24(32-2)12-10-23/h4-14H,3,15-21H2,1-2H3. The molecule has 4 rings (SSSR count). The molecule has 0 spiro atoms. The van der Waals surface area contributed by atoms with Crippen LogP contribution in [0.25, 0.3) is 0 Å². The first-order chi connectivity index (χ1) is 16.1. The van der Waals surface area contributed by atoms with Crippen LogP contribution < -0.4 is 4.74 Å². The summed E-state index contributed by atoms with van der Waals surface area (Å²) in [6, 6.07) is 22.3. The second kappa shape index (κ2) is 11.2. The average Bonchev–Trinajstić information content (AvgIpc) is 3.33. The fraction of sp³-hybridized carbons (Fsp3) is 0.370. The summed E-state index contributed by atoms with van der Waals surface area (Å²) < 4.78 is 11.3. The van der Waals surface area contributed by atoms with Crippen molar-refractivity contribution in [2.45, 2.75) is 26.6 Å². The molecule has 1 aliphatic heterocycles. The van der Waals surface area contributed by atoms with E-state index < -0.39 is 0 Å². The second-order valence-corrected chi connectivity index (χ2v) is 8.47. The SMILES string of the molecule is CCN1CCN(C(=O)c2ccc(CN(Cc3ccccc3)Cc3ccc(OC)cc3)o2)CC1. The Hall–Kier alpha value is -3.09. The number of ether oxygens (including phenoxy) is 1. The molecule has 3 aromatic rings. The molecule has 1 saturated heterocycles. The van der Waals surface area contributed by atoms with Crippen LogP contribution in [0.15, 0.2) is 71.1 Å². The lowest BCUT2D eigenvalue weighted by Gasteiger charge is -2.33. The second-order valence-electron chi connectivity index (χ2n) is 8.47. The van der Waals surface area contributed by atoms with Crippen LogP contribution >= 0.6 is 0 Å². The molecule has 0 unspecified atom stereocenters. The van der Waals surface area contributed by atoms with E-state index in [-0.39, 0.29) is 5.91 Å². The summed E-state index contributed by atoms with van der Waals surface area (Å²) in [6.45, 7) is 8.70. The van der Waals surface area contributed by atoms with Gasteiger partial charge < -0.3 is 19.0 Å². The van der Waals surface area contributed by atoms with E-state index in [4.69, 9.17) is 9.15 Å². The molecule has 2 heterocycles. The number of rotatable bonds is 9. The highest BCUT2D eigenvalue weighted by molar-refractivity contribution is 5.91. The van der Waals surface area contributed by atoms with Crippen LogP contribution in [0.4, 0.5) is 0 Å². The van der Waals surface area contributed by atoms with Crippen molar-refractivity contribution >= 4 is 5.91 Å². The normalized spacial score (nSPS) is 14.6. The van der Waals surface area contributed by atoms with Crippen LogP contribution in [-0.2, 0) is 19.6 Å². The first-order valence-electron chi connectivity index (χ1n) is 11.6. The van der Waals surface area contributed by atoms with Crippen molar-refractivity contribution in [3.63, 3.8) is 0 Å². The molecule has 0 bridgehead atoms. The number of methoxy groups -OCH3 is 1. The summed E-state index contributed by atoms with van der Waals surface area (Å²) in [6.07, 6.45) is 0. The molecule has 174 valence electrons. The monoisotopic (exact) mass is 447 g/mol. The van der Waals surface area contributed by atoms with Gasteiger partial charge in [-0.3, -0.25) is 9.69 Å². The van der Waals surface area contributed by atoms with Gasteiger partial charge in [-0.15, -0.1) is 0 Å². The molecule has 1 fully saturated rings. The molecule has 0 N–H and O–H groups in total. The van der Waals surface area contributed by atoms with Crippen molar-refractivity contribution in [2.75, 3.05) is 39.8 Å². The minimum atomic E-state index is -0.0123. The number of hydrogen-bond acceptors (Lipinski definition) is 5. The highest BCUT2D eigenvalue weighted by atomic mass is 16.5. The molecule has 6 nitrogen and oxygen atoms in total. The molecule has 1 aliphatic rings. The van der Waals surface area contributed by atoms with Crippen molar-refractivity contribution < 1.29 is 13.9 Å². The van der Waals surface area contributed by atoms with Gasteiger partial charge in [0.2, 0.25) is 0 Å². The van der Waals surface area contributed by atoms with Crippen LogP contribution in [0.2, 0.25) is 0 Å². The summed E-state index contributed by atoms with van der Waals surface area (Å²) >= 11 is 0. The Balaban J connectivity index is 1.44. The Labute approximate surface area is 196 Å². The van der Waals surface area contributed by atoms with E-state index in [1.807, 2.05) is 35.2 Å². The molecule has 0 aliphatic carbocycles. The number of carbonyl (C=O) groups excluding carboxylic acids is 1. The van der Waals surface area contributed by atoms with E-state index in [1.165, 1.54) is 11.1 Å². The fourth-order valence-electron chi connectivity index (χ4n) is 4.22. The lowest BCUT2D eigenvalue weighted by atomic mass is 10.1. The number of furan rings is 1. The minimum Gasteiger partial charge on any atom is -0.497 e. The maximum absolute atomic E-state index is 12.9. The Morgan fingerprint density at radius 1 is 0.879 bits per heavy atom. The Bertz CT molecular complexity index is 1010. The van der Waals surface area contributed by atoms with Crippen LogP contribution in [0, 0.1) is 0 Å². The predicted molar refractivity (Wildman–Crippen MR) is 129 cm³/mol. The fourth-order valence-corrected chi connectivity index (χ4v) is 4.22. The third kappa shape index (κ3) is 6.24. The molecular formula is C27H33N3O3. The highest BCUT2D eigenvalue weighted by Gasteiger charge is 2.24. The number of carbonyl (C=O) groups is 1. The molecular weight excluding hydrogens is 414 g/mol. The van der Waals surface area contributed by atoms with Gasteiger partial charge in [0.1, 0.15) is 11.5 Å². The Morgan fingerprint density at radius 3 is 2.18 bits per heavy atom. The van der Waals surface area contributed by atoms with Crippen LogP contribution in [0.3, 0.4) is 0 Å². The summed E-state index contributed by atoms with van der Waals surface area (Å²) in [4.78, 5) is 19.5. The van der Waals surface area contributed by atoms with Gasteiger partial charge in [0.15, 0.2) is 5.76 Å². The Morgan fingerprint density at radius 2 is 1.55 bits per heavy atom. The predicted octanol–water partition coefficient (Wildman–Crippen LogP) is 4.27. The summed E-state index contributed by atoms with van der Waals surface area (Å²) in [5.74, 6) is 2.07. The number of nitrogens with zero attached hydrogens (tertiary/aromatic N) is 3. The quantitative estimate of drug-likeness (QED) is 0.490. The molecule has 0 radical (unpaired) electrons. The summed E-state index contributed by atoms with van der Waals surface area (Å²) in [5.41, 5.74) is 2.44. The zero-order chi connectivity index (χ0) is 23.0. The number of piperazine rings is 1. The summed E-state index contributed by atoms with van der Waals surface area (Å²) in [7, 11) is 1.68. The molecule has 2 aromatic carbocycles. The maximum atomic E-state index is 12.9. The van der Waals surface area contributed by atoms with E-state index in [2.05, 4.69) is 53.1 Å². The topological polar surface area (TPSA) is 49.2 Å². The van der Waals surface area contributed by atoms with Gasteiger partial charge in [0.05, 0.1) is 13.7 Å². The first-order valence-corrected chi connectivity index (χ1v) is 11.6. The average molecular weight is 448 g/mol. The van der Waals surface area contributed by atoms with Crippen LogP contribution in [-0.4, -0.2) is 60.4 Å². The molecule has 1 amide bonds. The van der Waals surface area contributed by atoms with Gasteiger partial charge in [-0.1, -0.05) is 49.4 Å². The van der Waals surface area contributed by atoms with E-state index in [1.54, 1.807) is 7.11 Å². The van der Waals surface area contributed by atoms with Gasteiger partial charge in [0.25, 0.3) is 5.91 Å². The number of hydrogen-bond donors (Lipinski definition) is 0. The largest absolute Gasteiger partial charge is 0.497 e. The van der Waals surface area contributed by atoms with Gasteiger partial charge >= 0.3 is 0 Å². The van der Waals surface area contributed by atoms with E-state index in [0.717, 1.165) is 57.3 Å². The number of benzene rings is 2. The molecule has 0 atom stereocenters. The van der Waals surface area contributed by atoms with E-state index >= 15 is 0 Å². The molecule has 1 aromatic heterocycles. The lowest BCUT2D eigenvalue weighted by molar-refractivity contribution is 0.0608. The smallest absolute Gasteiger partial charge is 0.289 e. The van der Waals surface area contributed by atoms with Gasteiger partial charge in [-0.25, -0.2) is 0 Å². The zero-order valence-electron chi connectivity index (χ0n) is 19.6. The van der Waals surface area contributed by atoms with Crippen LogP contribution in [0.1, 0.15) is 34.4 Å². The number of likely N-dealkylation sites (N-methyl/N-ethyl adjacent to an activating group) is 1. The van der Waals surface area contributed by atoms with Crippen molar-refractivity contribution in [3.8, 4) is 5.75 Å². The third-order valence-electron chi connectivity index (χ3n) is 6.17. The molecule has 6 heteroatoms.